The Morgan fingerprint density at radius 1 is 1.64 bits per heavy atom. The van der Waals surface area contributed by atoms with Crippen molar-refractivity contribution in [2.45, 2.75) is 6.92 Å². The van der Waals surface area contributed by atoms with Crippen molar-refractivity contribution < 1.29 is 44.7 Å². The van der Waals surface area contributed by atoms with E-state index in [1.165, 1.54) is 0 Å². The molecule has 0 heterocycles. The minimum Gasteiger partial charge on any atom is -1.00 e. The molecule has 0 aliphatic rings. The van der Waals surface area contributed by atoms with Crippen molar-refractivity contribution in [3.8, 4) is 0 Å². The molecule has 0 unspecified atom stereocenters. The van der Waals surface area contributed by atoms with E-state index in [-0.39, 0.29) is 37.6 Å². The van der Waals surface area contributed by atoms with Gasteiger partial charge in [0.2, 0.25) is 0 Å². The van der Waals surface area contributed by atoms with Crippen LogP contribution in [0, 0.1) is 0 Å². The minimum absolute atomic E-state index is 0. The Balaban J connectivity index is -0.000000405. The van der Waals surface area contributed by atoms with Crippen LogP contribution in [0.15, 0.2) is 12.2 Å². The molecule has 0 saturated carbocycles. The largest absolute Gasteiger partial charge is 1.00 e. The van der Waals surface area contributed by atoms with Gasteiger partial charge in [0, 0.05) is 5.57 Å². The van der Waals surface area contributed by atoms with Crippen LogP contribution in [0.1, 0.15) is 8.35 Å². The van der Waals surface area contributed by atoms with Crippen molar-refractivity contribution in [2.75, 3.05) is 13.2 Å². The van der Waals surface area contributed by atoms with Gasteiger partial charge in [-0.1, -0.05) is 6.58 Å². The van der Waals surface area contributed by atoms with Gasteiger partial charge in [0.1, 0.15) is 6.61 Å². The van der Waals surface area contributed by atoms with Crippen molar-refractivity contribution in [1.29, 1.82) is 0 Å². The van der Waals surface area contributed by atoms with Crippen molar-refractivity contribution >= 4 is 18.9 Å². The summed E-state index contributed by atoms with van der Waals surface area (Å²) in [4.78, 5) is 10.6. The zero-order chi connectivity index (χ0) is 7.98. The summed E-state index contributed by atoms with van der Waals surface area (Å²) in [5.41, 5.74) is 0.388. The van der Waals surface area contributed by atoms with Crippen LogP contribution in [0.4, 0.5) is 0 Å². The first-order chi connectivity index (χ1) is 4.68. The summed E-state index contributed by atoms with van der Waals surface area (Å²) >= 11 is 3.46. The van der Waals surface area contributed by atoms with Gasteiger partial charge in [0.05, 0.1) is 6.61 Å². The zero-order valence-corrected chi connectivity index (χ0v) is 9.69. The van der Waals surface area contributed by atoms with Crippen molar-refractivity contribution in [3.05, 3.63) is 12.2 Å². The third-order valence-electron chi connectivity index (χ3n) is 0.756. The maximum atomic E-state index is 10.6. The van der Waals surface area contributed by atoms with Gasteiger partial charge in [-0.25, -0.2) is 4.79 Å². The minimum atomic E-state index is -0.398. The van der Waals surface area contributed by atoms with E-state index in [1.807, 2.05) is 0 Å². The summed E-state index contributed by atoms with van der Waals surface area (Å²) in [7, 11) is 0. The van der Waals surface area contributed by atoms with Gasteiger partial charge in [-0.15, -0.1) is 0 Å². The van der Waals surface area contributed by atoms with Crippen LogP contribution in [0.5, 0.6) is 0 Å². The Morgan fingerprint density at radius 3 is 2.55 bits per heavy atom. The number of esters is 1. The van der Waals surface area contributed by atoms with Crippen LogP contribution >= 0.6 is 12.9 Å². The van der Waals surface area contributed by atoms with E-state index >= 15 is 0 Å². The third-order valence-corrected chi connectivity index (χ3v) is 0.939. The Bertz CT molecular complexity index is 143. The number of carbonyl (C=O) groups excluding carboxylic acids is 1. The predicted molar refractivity (Wildman–Crippen MR) is 41.8 cm³/mol. The van der Waals surface area contributed by atoms with E-state index in [1.54, 1.807) is 6.92 Å². The average molecular weight is 186 g/mol. The maximum Gasteiger partial charge on any atom is 1.00 e. The summed E-state index contributed by atoms with van der Waals surface area (Å²) in [6.45, 7) is 5.50. The number of hydrogen-bond donors (Lipinski definition) is 1. The van der Waals surface area contributed by atoms with Crippen molar-refractivity contribution in [2.24, 2.45) is 0 Å². The van der Waals surface area contributed by atoms with Gasteiger partial charge in [-0.3, -0.25) is 0 Å². The van der Waals surface area contributed by atoms with Crippen molar-refractivity contribution in [3.63, 3.8) is 0 Å². The fourth-order valence-electron chi connectivity index (χ4n) is 0.295. The second-order valence-corrected chi connectivity index (χ2v) is 2.01. The summed E-state index contributed by atoms with van der Waals surface area (Å²) in [6.07, 6.45) is 0. The van der Waals surface area contributed by atoms with Gasteiger partial charge in [-0.2, -0.15) is 0 Å². The fourth-order valence-corrected chi connectivity index (χ4v) is 0.369. The number of rotatable bonds is 4. The second-order valence-electron chi connectivity index (χ2n) is 1.75. The Morgan fingerprint density at radius 2 is 2.18 bits per heavy atom. The van der Waals surface area contributed by atoms with Gasteiger partial charge in [0.25, 0.3) is 0 Å². The molecular formula is C6H11NaO3S. The first-order valence-electron chi connectivity index (χ1n) is 2.77. The van der Waals surface area contributed by atoms with E-state index in [0.717, 1.165) is 0 Å². The molecule has 0 aromatic rings. The number of ether oxygens (including phenoxy) is 1. The molecule has 0 amide bonds. The molecule has 0 N–H and O–H groups in total. The molecule has 0 aromatic carbocycles. The van der Waals surface area contributed by atoms with E-state index in [0.29, 0.717) is 12.2 Å². The van der Waals surface area contributed by atoms with Gasteiger partial charge in [-0.05, 0) is 19.8 Å². The zero-order valence-electron chi connectivity index (χ0n) is 7.79. The van der Waals surface area contributed by atoms with Gasteiger partial charge >= 0.3 is 35.5 Å². The molecular weight excluding hydrogens is 175 g/mol. The second kappa shape index (κ2) is 8.62. The first kappa shape index (κ1) is 14.1. The number of thiol groups is 1. The van der Waals surface area contributed by atoms with Crippen molar-refractivity contribution in [1.82, 2.24) is 0 Å². The van der Waals surface area contributed by atoms with Crippen LogP contribution in [0.2, 0.25) is 0 Å². The molecule has 0 fully saturated rings. The summed E-state index contributed by atoms with van der Waals surface area (Å²) in [5.74, 6) is -0.398. The Hall–Kier alpha value is 0.520. The van der Waals surface area contributed by atoms with Gasteiger partial charge < -0.3 is 10.3 Å². The quantitative estimate of drug-likeness (QED) is 0.139. The first-order valence-corrected chi connectivity index (χ1v) is 3.14. The van der Waals surface area contributed by atoms with Crippen LogP contribution in [0.25, 0.3) is 0 Å². The molecule has 11 heavy (non-hydrogen) atoms. The molecule has 3 nitrogen and oxygen atoms in total. The molecule has 0 bridgehead atoms. The average Bonchev–Trinajstić information content (AvgIpc) is 1.88. The molecule has 5 heteroatoms. The van der Waals surface area contributed by atoms with Crippen LogP contribution < -0.4 is 29.6 Å². The number of carbonyl (C=O) groups is 1. The molecule has 0 radical (unpaired) electrons. The van der Waals surface area contributed by atoms with Crippen LogP contribution in [-0.2, 0) is 13.7 Å². The molecule has 60 valence electrons. The smallest absolute Gasteiger partial charge is 1.00 e. The molecule has 0 atom stereocenters. The normalized spacial score (nSPS) is 8.18. The summed E-state index contributed by atoms with van der Waals surface area (Å²) in [5, 5.41) is 0. The maximum absolute atomic E-state index is 10.6. The molecule has 0 aliphatic carbocycles. The fraction of sp³-hybridized carbons (Fsp3) is 0.500. The molecule has 0 aliphatic heterocycles. The molecule has 0 aromatic heterocycles. The van der Waals surface area contributed by atoms with E-state index in [9.17, 15) is 4.79 Å². The van der Waals surface area contributed by atoms with Gasteiger partial charge in [0.15, 0.2) is 0 Å². The van der Waals surface area contributed by atoms with E-state index < -0.39 is 5.97 Å². The summed E-state index contributed by atoms with van der Waals surface area (Å²) < 4.78 is 8.99. The molecule has 0 spiro atoms. The van der Waals surface area contributed by atoms with Crippen LogP contribution in [0.3, 0.4) is 0 Å². The van der Waals surface area contributed by atoms with Crippen LogP contribution in [-0.4, -0.2) is 19.2 Å². The topological polar surface area (TPSA) is 35.5 Å². The van der Waals surface area contributed by atoms with E-state index in [2.05, 4.69) is 28.4 Å². The molecule has 0 rings (SSSR count). The standard InChI is InChI=1S/C6H10O3S.Na.H/c1-5(2)6(7)8-3-4-9-10;;/h10H,1,3-4H2,2H3;;/q;+1;-1. The SMILES string of the molecule is C=C(C)C(=O)OCCOS.[H-].[Na+]. The van der Waals surface area contributed by atoms with E-state index in [4.69, 9.17) is 0 Å². The predicted octanol–water partition coefficient (Wildman–Crippen LogP) is -1.92. The third kappa shape index (κ3) is 8.43. The monoisotopic (exact) mass is 186 g/mol. The number of hydrogen-bond acceptors (Lipinski definition) is 4. The molecule has 0 saturated heterocycles. The Kier molecular flexibility index (Phi) is 11.0. The Labute approximate surface area is 95.5 Å². The summed E-state index contributed by atoms with van der Waals surface area (Å²) in [6, 6.07) is 0.